The van der Waals surface area contributed by atoms with Crippen LogP contribution >= 0.6 is 0 Å². The lowest BCUT2D eigenvalue weighted by Crippen LogP contribution is -2.21. The number of hydrogen-bond acceptors (Lipinski definition) is 5. The largest absolute Gasteiger partial charge is 0.490 e. The van der Waals surface area contributed by atoms with Crippen LogP contribution in [0.4, 0.5) is 13.2 Å². The van der Waals surface area contributed by atoms with Gasteiger partial charge in [0.2, 0.25) is 5.82 Å². The average Bonchev–Trinajstić information content (AvgIpc) is 3.47. The van der Waals surface area contributed by atoms with Crippen LogP contribution in [0.1, 0.15) is 37.7 Å². The van der Waals surface area contributed by atoms with Gasteiger partial charge in [-0.3, -0.25) is 0 Å². The minimum Gasteiger partial charge on any atom is -0.490 e. The van der Waals surface area contributed by atoms with Crippen LogP contribution in [0.3, 0.4) is 0 Å². The minimum atomic E-state index is -4.59. The van der Waals surface area contributed by atoms with Crippen molar-refractivity contribution in [2.24, 2.45) is 0 Å². The van der Waals surface area contributed by atoms with Crippen LogP contribution in [0, 0.1) is 0 Å². The Morgan fingerprint density at radius 3 is 2.71 bits per heavy atom. The van der Waals surface area contributed by atoms with Gasteiger partial charge in [0.25, 0.3) is 5.89 Å². The Morgan fingerprint density at radius 2 is 1.94 bits per heavy atom. The highest BCUT2D eigenvalue weighted by atomic mass is 19.4. The first kappa shape index (κ1) is 22.2. The molecular weight excluding hydrogens is 447 g/mol. The molecule has 0 radical (unpaired) electrons. The molecule has 1 aliphatic rings. The molecular formula is C25H22F3N3O3. The summed E-state index contributed by atoms with van der Waals surface area (Å²) in [6, 6.07) is 11.1. The predicted molar refractivity (Wildman–Crippen MR) is 119 cm³/mol. The molecule has 1 aliphatic carbocycles. The third kappa shape index (κ3) is 4.30. The molecule has 9 heteroatoms. The lowest BCUT2D eigenvalue weighted by atomic mass is 9.97. The fourth-order valence-corrected chi connectivity index (χ4v) is 4.46. The van der Waals surface area contributed by atoms with E-state index in [0.29, 0.717) is 5.56 Å². The van der Waals surface area contributed by atoms with Crippen molar-refractivity contribution in [2.75, 3.05) is 0 Å². The van der Waals surface area contributed by atoms with Crippen molar-refractivity contribution in [1.29, 1.82) is 0 Å². The number of carbonyl (C=O) groups is 1. The molecule has 5 rings (SSSR count). The van der Waals surface area contributed by atoms with E-state index in [1.165, 1.54) is 12.1 Å². The van der Waals surface area contributed by atoms with Gasteiger partial charge in [-0.2, -0.15) is 18.2 Å². The van der Waals surface area contributed by atoms with Crippen molar-refractivity contribution >= 4 is 17.2 Å². The number of halogens is 3. The fourth-order valence-electron chi connectivity index (χ4n) is 4.46. The average molecular weight is 469 g/mol. The number of carbonyl (C=O) groups excluding carboxylic acids is 1. The van der Waals surface area contributed by atoms with Gasteiger partial charge in [-0.25, -0.2) is 0 Å². The van der Waals surface area contributed by atoms with Crippen molar-refractivity contribution in [3.8, 4) is 28.6 Å². The van der Waals surface area contributed by atoms with Crippen LogP contribution in [0.15, 0.2) is 53.2 Å². The van der Waals surface area contributed by atoms with E-state index < -0.39 is 11.7 Å². The quantitative estimate of drug-likeness (QED) is 0.311. The van der Waals surface area contributed by atoms with E-state index in [0.717, 1.165) is 55.4 Å². The molecule has 0 N–H and O–H groups in total. The first-order chi connectivity index (χ1) is 16.4. The lowest BCUT2D eigenvalue weighted by Gasteiger charge is -2.25. The monoisotopic (exact) mass is 469 g/mol. The SMILES string of the molecule is O=CCn1ccc2c(-c3noc(-c4ccc(OC5CCCCC5)c(C(F)(F)F)c4)n3)cccc21. The summed E-state index contributed by atoms with van der Waals surface area (Å²) in [5.74, 6) is 0.0544. The number of nitrogens with zero attached hydrogens (tertiary/aromatic N) is 3. The molecule has 0 atom stereocenters. The maximum atomic E-state index is 13.8. The van der Waals surface area contributed by atoms with Gasteiger partial charge in [-0.15, -0.1) is 0 Å². The Bertz CT molecular complexity index is 1320. The van der Waals surface area contributed by atoms with Crippen LogP contribution < -0.4 is 4.74 Å². The van der Waals surface area contributed by atoms with E-state index >= 15 is 0 Å². The summed E-state index contributed by atoms with van der Waals surface area (Å²) in [5, 5.41) is 4.81. The number of hydrogen-bond donors (Lipinski definition) is 0. The Labute approximate surface area is 193 Å². The summed E-state index contributed by atoms with van der Waals surface area (Å²) in [7, 11) is 0. The smallest absolute Gasteiger partial charge is 0.419 e. The number of aromatic nitrogens is 3. The molecule has 1 fully saturated rings. The molecule has 0 saturated heterocycles. The molecule has 2 aromatic carbocycles. The summed E-state index contributed by atoms with van der Waals surface area (Å²) < 4.78 is 54.4. The maximum absolute atomic E-state index is 13.8. The van der Waals surface area contributed by atoms with E-state index in [1.807, 2.05) is 12.1 Å². The van der Waals surface area contributed by atoms with Crippen LogP contribution in [-0.4, -0.2) is 27.1 Å². The fraction of sp³-hybridized carbons (Fsp3) is 0.320. The van der Waals surface area contributed by atoms with Gasteiger partial charge < -0.3 is 18.6 Å². The van der Waals surface area contributed by atoms with Crippen molar-refractivity contribution < 1.29 is 27.2 Å². The van der Waals surface area contributed by atoms with E-state index in [4.69, 9.17) is 9.26 Å². The number of alkyl halides is 3. The number of aldehydes is 1. The van der Waals surface area contributed by atoms with Gasteiger partial charge in [0, 0.05) is 28.2 Å². The highest BCUT2D eigenvalue weighted by molar-refractivity contribution is 5.94. The Hall–Kier alpha value is -3.62. The molecule has 0 unspecified atom stereocenters. The van der Waals surface area contributed by atoms with Gasteiger partial charge in [-0.05, 0) is 56.0 Å². The van der Waals surface area contributed by atoms with E-state index in [-0.39, 0.29) is 35.7 Å². The first-order valence-electron chi connectivity index (χ1n) is 11.2. The third-order valence-corrected chi connectivity index (χ3v) is 6.13. The van der Waals surface area contributed by atoms with E-state index in [1.54, 1.807) is 22.9 Å². The summed E-state index contributed by atoms with van der Waals surface area (Å²) >= 11 is 0. The van der Waals surface area contributed by atoms with Crippen LogP contribution in [-0.2, 0) is 17.5 Å². The Balaban J connectivity index is 1.48. The lowest BCUT2D eigenvalue weighted by molar-refractivity contribution is -0.139. The number of ether oxygens (including phenoxy) is 1. The molecule has 0 aliphatic heterocycles. The van der Waals surface area contributed by atoms with Gasteiger partial charge in [0.15, 0.2) is 0 Å². The topological polar surface area (TPSA) is 70.2 Å². The van der Waals surface area contributed by atoms with E-state index in [2.05, 4.69) is 10.1 Å². The normalized spacial score (nSPS) is 15.0. The van der Waals surface area contributed by atoms with Crippen LogP contribution in [0.25, 0.3) is 33.7 Å². The first-order valence-corrected chi connectivity index (χ1v) is 11.2. The van der Waals surface area contributed by atoms with Crippen molar-refractivity contribution in [3.63, 3.8) is 0 Å². The molecule has 1 saturated carbocycles. The second-order valence-electron chi connectivity index (χ2n) is 8.38. The molecule has 0 spiro atoms. The Kier molecular flexibility index (Phi) is 5.85. The van der Waals surface area contributed by atoms with Gasteiger partial charge in [0.05, 0.1) is 18.2 Å². The number of fused-ring (bicyclic) bond motifs is 1. The van der Waals surface area contributed by atoms with Crippen molar-refractivity contribution in [1.82, 2.24) is 14.7 Å². The van der Waals surface area contributed by atoms with Crippen LogP contribution in [0.5, 0.6) is 5.75 Å². The zero-order valence-corrected chi connectivity index (χ0v) is 18.2. The van der Waals surface area contributed by atoms with E-state index in [9.17, 15) is 18.0 Å². The summed E-state index contributed by atoms with van der Waals surface area (Å²) in [6.07, 6.45) is 2.31. The molecule has 6 nitrogen and oxygen atoms in total. The molecule has 2 heterocycles. The highest BCUT2D eigenvalue weighted by Gasteiger charge is 2.36. The molecule has 2 aromatic heterocycles. The zero-order chi connectivity index (χ0) is 23.7. The maximum Gasteiger partial charge on any atom is 0.419 e. The second-order valence-corrected chi connectivity index (χ2v) is 8.38. The predicted octanol–water partition coefficient (Wildman–Crippen LogP) is 6.29. The van der Waals surface area contributed by atoms with Gasteiger partial charge in [0.1, 0.15) is 12.0 Å². The Morgan fingerprint density at radius 1 is 1.12 bits per heavy atom. The molecule has 0 bridgehead atoms. The van der Waals surface area contributed by atoms with Gasteiger partial charge >= 0.3 is 6.18 Å². The molecule has 0 amide bonds. The summed E-state index contributed by atoms with van der Waals surface area (Å²) in [6.45, 7) is 0.208. The molecule has 34 heavy (non-hydrogen) atoms. The number of benzene rings is 2. The number of rotatable bonds is 6. The van der Waals surface area contributed by atoms with Gasteiger partial charge in [-0.1, -0.05) is 23.7 Å². The van der Waals surface area contributed by atoms with Crippen molar-refractivity contribution in [3.05, 3.63) is 54.2 Å². The summed E-state index contributed by atoms with van der Waals surface area (Å²) in [4.78, 5) is 15.3. The minimum absolute atomic E-state index is 0.0194. The zero-order valence-electron chi connectivity index (χ0n) is 18.2. The summed E-state index contributed by atoms with van der Waals surface area (Å²) in [5.41, 5.74) is 0.779. The third-order valence-electron chi connectivity index (χ3n) is 6.13. The van der Waals surface area contributed by atoms with Crippen molar-refractivity contribution in [2.45, 2.75) is 50.9 Å². The highest BCUT2D eigenvalue weighted by Crippen LogP contribution is 2.40. The second kappa shape index (κ2) is 8.96. The standard InChI is InChI=1S/C25H22F3N3O3/c26-25(27,28)20-15-16(9-10-22(20)33-17-5-2-1-3-6-17)24-29-23(30-34-24)19-7-4-8-21-18(19)11-12-31(21)13-14-32/h4,7-12,14-15,17H,1-3,5-6,13H2. The van der Waals surface area contributed by atoms with Crippen LogP contribution in [0.2, 0.25) is 0 Å². The molecule has 4 aromatic rings. The molecule has 176 valence electrons.